The van der Waals surface area contributed by atoms with Crippen LogP contribution in [0.4, 0.5) is 18.9 Å². The van der Waals surface area contributed by atoms with E-state index < -0.39 is 12.2 Å². The minimum absolute atomic E-state index is 0.00129. The summed E-state index contributed by atoms with van der Waals surface area (Å²) in [7, 11) is 0. The van der Waals surface area contributed by atoms with Crippen molar-refractivity contribution >= 4 is 5.69 Å². The normalized spacial score (nSPS) is 11.5. The average Bonchev–Trinajstić information content (AvgIpc) is 2.10. The van der Waals surface area contributed by atoms with Crippen molar-refractivity contribution in [1.82, 2.24) is 4.98 Å². The van der Waals surface area contributed by atoms with E-state index in [9.17, 15) is 13.2 Å². The number of nitrogens with zero attached hydrogens (tertiary/aromatic N) is 1. The van der Waals surface area contributed by atoms with Crippen LogP contribution in [0.3, 0.4) is 0 Å². The van der Waals surface area contributed by atoms with E-state index in [1.165, 1.54) is 13.0 Å². The predicted octanol–water partition coefficient (Wildman–Crippen LogP) is 1.33. The van der Waals surface area contributed by atoms with Gasteiger partial charge in [0.2, 0.25) is 5.88 Å². The number of nitrogen functional groups attached to an aromatic ring is 1. The van der Waals surface area contributed by atoms with E-state index in [1.54, 1.807) is 0 Å². The molecule has 0 aliphatic carbocycles. The number of pyridine rings is 1. The van der Waals surface area contributed by atoms with Crippen molar-refractivity contribution in [3.8, 4) is 5.88 Å². The Morgan fingerprint density at radius 1 is 1.47 bits per heavy atom. The number of ether oxygens (including phenoxy) is 1. The van der Waals surface area contributed by atoms with Gasteiger partial charge in [-0.2, -0.15) is 0 Å². The fourth-order valence-electron chi connectivity index (χ4n) is 0.971. The fraction of sp³-hybridized carbons (Fsp3) is 0.375. The lowest BCUT2D eigenvalue weighted by Gasteiger charge is -2.12. The second kappa shape index (κ2) is 3.93. The third-order valence-electron chi connectivity index (χ3n) is 1.74. The van der Waals surface area contributed by atoms with Crippen LogP contribution in [0.25, 0.3) is 0 Å². The van der Waals surface area contributed by atoms with Crippen molar-refractivity contribution in [3.05, 3.63) is 17.3 Å². The Morgan fingerprint density at radius 3 is 2.53 bits per heavy atom. The van der Waals surface area contributed by atoms with Gasteiger partial charge >= 0.3 is 6.36 Å². The van der Waals surface area contributed by atoms with Gasteiger partial charge < -0.3 is 16.2 Å². The smallest absolute Gasteiger partial charge is 0.398 e. The minimum Gasteiger partial charge on any atom is -0.398 e. The van der Waals surface area contributed by atoms with Crippen molar-refractivity contribution in [1.29, 1.82) is 0 Å². The van der Waals surface area contributed by atoms with Gasteiger partial charge in [0.05, 0.1) is 5.69 Å². The van der Waals surface area contributed by atoms with E-state index in [4.69, 9.17) is 11.5 Å². The molecule has 0 bridgehead atoms. The molecule has 0 saturated carbocycles. The molecule has 0 atom stereocenters. The molecule has 1 rings (SSSR count). The molecule has 7 heteroatoms. The number of halogens is 3. The zero-order valence-electron chi connectivity index (χ0n) is 7.93. The second-order valence-corrected chi connectivity index (χ2v) is 2.88. The maximum atomic E-state index is 12.0. The first-order chi connectivity index (χ1) is 6.83. The van der Waals surface area contributed by atoms with Gasteiger partial charge in [-0.25, -0.2) is 4.98 Å². The molecule has 0 aliphatic heterocycles. The summed E-state index contributed by atoms with van der Waals surface area (Å²) in [6.45, 7) is 1.39. The van der Waals surface area contributed by atoms with Gasteiger partial charge in [-0.3, -0.25) is 0 Å². The van der Waals surface area contributed by atoms with E-state index in [2.05, 4.69) is 9.72 Å². The summed E-state index contributed by atoms with van der Waals surface area (Å²) in [4.78, 5) is 3.59. The largest absolute Gasteiger partial charge is 0.574 e. The first-order valence-electron chi connectivity index (χ1n) is 4.05. The Bertz CT molecular complexity index is 365. The third kappa shape index (κ3) is 2.98. The maximum absolute atomic E-state index is 12.0. The summed E-state index contributed by atoms with van der Waals surface area (Å²) < 4.78 is 39.6. The molecule has 15 heavy (non-hydrogen) atoms. The van der Waals surface area contributed by atoms with Crippen LogP contribution < -0.4 is 16.2 Å². The zero-order valence-corrected chi connectivity index (χ0v) is 7.93. The van der Waals surface area contributed by atoms with Gasteiger partial charge in [-0.15, -0.1) is 13.2 Å². The molecule has 0 radical (unpaired) electrons. The van der Waals surface area contributed by atoms with E-state index in [1.807, 2.05) is 0 Å². The minimum atomic E-state index is -4.78. The Labute approximate surface area is 84.0 Å². The highest BCUT2D eigenvalue weighted by Gasteiger charge is 2.32. The molecule has 0 fully saturated rings. The number of anilines is 1. The SMILES string of the molecule is Cc1c(N)cc(CN)nc1OC(F)(F)F. The van der Waals surface area contributed by atoms with Crippen LogP contribution in [-0.2, 0) is 6.54 Å². The summed E-state index contributed by atoms with van der Waals surface area (Å²) in [5.41, 5.74) is 11.3. The summed E-state index contributed by atoms with van der Waals surface area (Å²) >= 11 is 0. The summed E-state index contributed by atoms with van der Waals surface area (Å²) in [6, 6.07) is 1.42. The highest BCUT2D eigenvalue weighted by atomic mass is 19.4. The van der Waals surface area contributed by atoms with E-state index in [-0.39, 0.29) is 23.5 Å². The molecule has 84 valence electrons. The molecular formula is C8H10F3N3O. The topological polar surface area (TPSA) is 74.2 Å². The lowest BCUT2D eigenvalue weighted by molar-refractivity contribution is -0.276. The first kappa shape index (κ1) is 11.6. The molecule has 1 aromatic rings. The number of hydrogen-bond donors (Lipinski definition) is 2. The zero-order chi connectivity index (χ0) is 11.6. The molecule has 1 aromatic heterocycles. The van der Waals surface area contributed by atoms with Crippen molar-refractivity contribution < 1.29 is 17.9 Å². The summed E-state index contributed by atoms with van der Waals surface area (Å²) in [5, 5.41) is 0. The quantitative estimate of drug-likeness (QED) is 0.790. The molecule has 4 nitrogen and oxygen atoms in total. The third-order valence-corrected chi connectivity index (χ3v) is 1.74. The highest BCUT2D eigenvalue weighted by Crippen LogP contribution is 2.27. The Balaban J connectivity index is 3.11. The molecule has 0 unspecified atom stereocenters. The van der Waals surface area contributed by atoms with E-state index in [0.717, 1.165) is 0 Å². The summed E-state index contributed by atoms with van der Waals surface area (Å²) in [6.07, 6.45) is -4.78. The van der Waals surface area contributed by atoms with Crippen LogP contribution in [0, 0.1) is 6.92 Å². The number of nitrogens with two attached hydrogens (primary N) is 2. The van der Waals surface area contributed by atoms with Gasteiger partial charge in [0.25, 0.3) is 0 Å². The molecule has 0 aliphatic rings. The summed E-state index contributed by atoms with van der Waals surface area (Å²) in [5.74, 6) is -0.553. The monoisotopic (exact) mass is 221 g/mol. The van der Waals surface area contributed by atoms with E-state index in [0.29, 0.717) is 0 Å². The standard InChI is InChI=1S/C8H10F3N3O/c1-4-6(13)2-5(3-12)14-7(4)15-8(9,10)11/h2H,3,12H2,1H3,(H2,13,14). The van der Waals surface area contributed by atoms with Gasteiger partial charge in [0.1, 0.15) is 0 Å². The average molecular weight is 221 g/mol. The van der Waals surface area contributed by atoms with Crippen LogP contribution in [0.15, 0.2) is 6.07 Å². The van der Waals surface area contributed by atoms with Crippen molar-refractivity contribution in [3.63, 3.8) is 0 Å². The molecule has 0 saturated heterocycles. The van der Waals surface area contributed by atoms with Crippen molar-refractivity contribution in [2.75, 3.05) is 5.73 Å². The van der Waals surface area contributed by atoms with Crippen LogP contribution in [0.5, 0.6) is 5.88 Å². The van der Waals surface area contributed by atoms with Crippen molar-refractivity contribution in [2.24, 2.45) is 5.73 Å². The van der Waals surface area contributed by atoms with Crippen LogP contribution in [0.1, 0.15) is 11.3 Å². The Hall–Kier alpha value is -1.50. The van der Waals surface area contributed by atoms with Crippen LogP contribution in [-0.4, -0.2) is 11.3 Å². The fourth-order valence-corrected chi connectivity index (χ4v) is 0.971. The van der Waals surface area contributed by atoms with E-state index >= 15 is 0 Å². The number of aromatic nitrogens is 1. The molecule has 0 spiro atoms. The molecule has 4 N–H and O–H groups in total. The second-order valence-electron chi connectivity index (χ2n) is 2.88. The van der Waals surface area contributed by atoms with Gasteiger partial charge in [0, 0.05) is 17.8 Å². The maximum Gasteiger partial charge on any atom is 0.574 e. The Morgan fingerprint density at radius 2 is 2.07 bits per heavy atom. The van der Waals surface area contributed by atoms with Gasteiger partial charge in [0.15, 0.2) is 0 Å². The lowest BCUT2D eigenvalue weighted by Crippen LogP contribution is -2.19. The number of rotatable bonds is 2. The number of alkyl halides is 3. The van der Waals surface area contributed by atoms with Gasteiger partial charge in [-0.05, 0) is 13.0 Å². The van der Waals surface area contributed by atoms with Crippen LogP contribution >= 0.6 is 0 Å². The molecular weight excluding hydrogens is 211 g/mol. The first-order valence-corrected chi connectivity index (χ1v) is 4.05. The predicted molar refractivity (Wildman–Crippen MR) is 48.0 cm³/mol. The molecule has 1 heterocycles. The Kier molecular flexibility index (Phi) is 3.04. The van der Waals surface area contributed by atoms with Crippen LogP contribution in [0.2, 0.25) is 0 Å². The lowest BCUT2D eigenvalue weighted by atomic mass is 10.2. The highest BCUT2D eigenvalue weighted by molar-refractivity contribution is 5.51. The van der Waals surface area contributed by atoms with Gasteiger partial charge in [-0.1, -0.05) is 0 Å². The van der Waals surface area contributed by atoms with Crippen molar-refractivity contribution in [2.45, 2.75) is 19.8 Å². The molecule has 0 aromatic carbocycles. The molecule has 0 amide bonds. The number of hydrogen-bond acceptors (Lipinski definition) is 4.